The number of hydrogen-bond acceptors (Lipinski definition) is 8. The first-order valence-corrected chi connectivity index (χ1v) is 13.1. The molecular weight excluding hydrogens is 490 g/mol. The van der Waals surface area contributed by atoms with Crippen LogP contribution in [0.4, 0.5) is 23.1 Å². The van der Waals surface area contributed by atoms with Gasteiger partial charge in [0.2, 0.25) is 5.95 Å². The van der Waals surface area contributed by atoms with Crippen LogP contribution < -0.4 is 20.1 Å². The molecule has 0 radical (unpaired) electrons. The molecule has 5 rings (SSSR count). The summed E-state index contributed by atoms with van der Waals surface area (Å²) in [7, 11) is 1.65. The number of nitrogens with zero attached hydrogens (tertiary/aromatic N) is 4. The van der Waals surface area contributed by atoms with Crippen LogP contribution in [0, 0.1) is 0 Å². The van der Waals surface area contributed by atoms with Crippen molar-refractivity contribution >= 4 is 34.0 Å². The molecule has 0 unspecified atom stereocenters. The number of para-hydroxylation sites is 2. The van der Waals surface area contributed by atoms with E-state index in [0.29, 0.717) is 18.4 Å². The highest BCUT2D eigenvalue weighted by Gasteiger charge is 2.13. The van der Waals surface area contributed by atoms with E-state index in [1.807, 2.05) is 66.9 Å². The highest BCUT2D eigenvalue weighted by atomic mass is 16.5. The van der Waals surface area contributed by atoms with Crippen molar-refractivity contribution < 1.29 is 9.47 Å². The maximum atomic E-state index is 5.91. The zero-order valence-corrected chi connectivity index (χ0v) is 22.4. The van der Waals surface area contributed by atoms with E-state index in [4.69, 9.17) is 14.5 Å². The number of aromatic nitrogens is 4. The van der Waals surface area contributed by atoms with E-state index in [1.54, 1.807) is 13.3 Å². The molecule has 3 aromatic carbocycles. The summed E-state index contributed by atoms with van der Waals surface area (Å²) in [6.45, 7) is 7.92. The molecule has 9 nitrogen and oxygen atoms in total. The standard InChI is InChI=1S/C30H33N7O2/c1-4-37(5-2)16-17-39-24-13-11-23(12-14-24)33-30-31-20-25(21-10-15-26-22(18-21)19-32-36-26)29(35-30)34-27-8-6-7-9-28(27)38-3/h6-15,18-20H,4-5,16-17H2,1-3H3,(H,32,36)(H2,31,33,34,35). The number of aromatic amines is 1. The Morgan fingerprint density at radius 3 is 2.54 bits per heavy atom. The molecule has 9 heteroatoms. The van der Waals surface area contributed by atoms with Crippen molar-refractivity contribution in [2.75, 3.05) is 44.0 Å². The maximum absolute atomic E-state index is 5.91. The normalized spacial score (nSPS) is 11.1. The Bertz CT molecular complexity index is 1510. The van der Waals surface area contributed by atoms with Crippen LogP contribution in [0.2, 0.25) is 0 Å². The lowest BCUT2D eigenvalue weighted by atomic mass is 10.1. The number of anilines is 4. The number of methoxy groups -OCH3 is 1. The number of fused-ring (bicyclic) bond motifs is 1. The summed E-state index contributed by atoms with van der Waals surface area (Å²) in [4.78, 5) is 11.8. The smallest absolute Gasteiger partial charge is 0.229 e. The third-order valence-electron chi connectivity index (χ3n) is 6.58. The van der Waals surface area contributed by atoms with Gasteiger partial charge in [-0.3, -0.25) is 5.10 Å². The quantitative estimate of drug-likeness (QED) is 0.177. The second-order valence-electron chi connectivity index (χ2n) is 8.98. The second kappa shape index (κ2) is 12.3. The van der Waals surface area contributed by atoms with Crippen LogP contribution in [0.25, 0.3) is 22.0 Å². The van der Waals surface area contributed by atoms with Crippen molar-refractivity contribution in [3.63, 3.8) is 0 Å². The van der Waals surface area contributed by atoms with Crippen LogP contribution in [0.15, 0.2) is 79.1 Å². The van der Waals surface area contributed by atoms with Crippen molar-refractivity contribution in [2.24, 2.45) is 0 Å². The van der Waals surface area contributed by atoms with Crippen LogP contribution in [-0.4, -0.2) is 58.4 Å². The first-order valence-electron chi connectivity index (χ1n) is 13.1. The van der Waals surface area contributed by atoms with Gasteiger partial charge in [0.1, 0.15) is 23.9 Å². The Kier molecular flexibility index (Phi) is 8.18. The van der Waals surface area contributed by atoms with Gasteiger partial charge in [-0.15, -0.1) is 0 Å². The average molecular weight is 524 g/mol. The molecule has 0 aliphatic rings. The lowest BCUT2D eigenvalue weighted by molar-refractivity contribution is 0.223. The summed E-state index contributed by atoms with van der Waals surface area (Å²) < 4.78 is 11.5. The Morgan fingerprint density at radius 1 is 0.923 bits per heavy atom. The highest BCUT2D eigenvalue weighted by molar-refractivity contribution is 5.88. The largest absolute Gasteiger partial charge is 0.495 e. The molecule has 2 heterocycles. The first kappa shape index (κ1) is 26.0. The predicted octanol–water partition coefficient (Wildman–Crippen LogP) is 6.24. The zero-order chi connectivity index (χ0) is 27.0. The molecule has 3 N–H and O–H groups in total. The summed E-state index contributed by atoms with van der Waals surface area (Å²) in [5.41, 5.74) is 4.46. The molecule has 0 saturated heterocycles. The van der Waals surface area contributed by atoms with Gasteiger partial charge in [0.15, 0.2) is 0 Å². The van der Waals surface area contributed by atoms with Crippen LogP contribution >= 0.6 is 0 Å². The van der Waals surface area contributed by atoms with Crippen LogP contribution in [0.3, 0.4) is 0 Å². The van der Waals surface area contributed by atoms with Crippen LogP contribution in [-0.2, 0) is 0 Å². The van der Waals surface area contributed by atoms with Crippen molar-refractivity contribution in [2.45, 2.75) is 13.8 Å². The lowest BCUT2D eigenvalue weighted by Gasteiger charge is -2.18. The molecule has 0 spiro atoms. The van der Waals surface area contributed by atoms with Gasteiger partial charge in [-0.2, -0.15) is 10.1 Å². The van der Waals surface area contributed by atoms with Gasteiger partial charge >= 0.3 is 0 Å². The SMILES string of the molecule is CCN(CC)CCOc1ccc(Nc2ncc(-c3ccc4[nH]ncc4c3)c(Nc3ccccc3OC)n2)cc1. The topological polar surface area (TPSA) is 100 Å². The average Bonchev–Trinajstić information content (AvgIpc) is 3.45. The summed E-state index contributed by atoms with van der Waals surface area (Å²) in [6, 6.07) is 21.7. The van der Waals surface area contributed by atoms with Gasteiger partial charge in [-0.1, -0.05) is 32.0 Å². The van der Waals surface area contributed by atoms with E-state index < -0.39 is 0 Å². The molecule has 5 aromatic rings. The second-order valence-corrected chi connectivity index (χ2v) is 8.98. The number of ether oxygens (including phenoxy) is 2. The molecule has 0 saturated carbocycles. The zero-order valence-electron chi connectivity index (χ0n) is 22.4. The van der Waals surface area contributed by atoms with E-state index in [-0.39, 0.29) is 0 Å². The van der Waals surface area contributed by atoms with Crippen LogP contribution in [0.5, 0.6) is 11.5 Å². The van der Waals surface area contributed by atoms with Crippen molar-refractivity contribution in [3.05, 3.63) is 79.1 Å². The van der Waals surface area contributed by atoms with Crippen molar-refractivity contribution in [1.29, 1.82) is 0 Å². The maximum Gasteiger partial charge on any atom is 0.229 e. The molecule has 0 amide bonds. The fraction of sp³-hybridized carbons (Fsp3) is 0.233. The highest BCUT2D eigenvalue weighted by Crippen LogP contribution is 2.34. The van der Waals surface area contributed by atoms with Crippen molar-refractivity contribution in [3.8, 4) is 22.6 Å². The van der Waals surface area contributed by atoms with Gasteiger partial charge in [0.05, 0.1) is 24.5 Å². The van der Waals surface area contributed by atoms with E-state index in [0.717, 1.165) is 64.5 Å². The number of rotatable bonds is 12. The molecule has 0 bridgehead atoms. The first-order chi connectivity index (χ1) is 19.2. The van der Waals surface area contributed by atoms with Gasteiger partial charge in [0.25, 0.3) is 0 Å². The predicted molar refractivity (Wildman–Crippen MR) is 156 cm³/mol. The minimum atomic E-state index is 0.468. The number of nitrogens with one attached hydrogen (secondary N) is 3. The number of benzene rings is 3. The summed E-state index contributed by atoms with van der Waals surface area (Å²) in [5.74, 6) is 2.67. The van der Waals surface area contributed by atoms with Gasteiger partial charge in [-0.25, -0.2) is 4.98 Å². The molecular formula is C30H33N7O2. The molecule has 0 aliphatic heterocycles. The number of likely N-dealkylation sites (N-methyl/N-ethyl adjacent to an activating group) is 1. The monoisotopic (exact) mass is 523 g/mol. The molecule has 200 valence electrons. The summed E-state index contributed by atoms with van der Waals surface area (Å²) in [6.07, 6.45) is 3.62. The third kappa shape index (κ3) is 6.27. The molecule has 0 aliphatic carbocycles. The minimum absolute atomic E-state index is 0.468. The Balaban J connectivity index is 1.38. The Hall–Kier alpha value is -4.63. The van der Waals surface area contributed by atoms with E-state index in [9.17, 15) is 0 Å². The van der Waals surface area contributed by atoms with E-state index >= 15 is 0 Å². The van der Waals surface area contributed by atoms with E-state index in [1.165, 1.54) is 0 Å². The number of H-pyrrole nitrogens is 1. The molecule has 0 atom stereocenters. The van der Waals surface area contributed by atoms with Gasteiger partial charge in [0, 0.05) is 29.4 Å². The summed E-state index contributed by atoms with van der Waals surface area (Å²) >= 11 is 0. The minimum Gasteiger partial charge on any atom is -0.495 e. The van der Waals surface area contributed by atoms with Gasteiger partial charge < -0.3 is 25.0 Å². The van der Waals surface area contributed by atoms with Crippen LogP contribution in [0.1, 0.15) is 13.8 Å². The van der Waals surface area contributed by atoms with Gasteiger partial charge in [-0.05, 0) is 67.2 Å². The lowest BCUT2D eigenvalue weighted by Crippen LogP contribution is -2.27. The fourth-order valence-corrected chi connectivity index (χ4v) is 4.33. The molecule has 2 aromatic heterocycles. The molecule has 39 heavy (non-hydrogen) atoms. The third-order valence-corrected chi connectivity index (χ3v) is 6.58. The Morgan fingerprint density at radius 2 is 1.74 bits per heavy atom. The Labute approximate surface area is 228 Å². The molecule has 0 fully saturated rings. The fourth-order valence-electron chi connectivity index (χ4n) is 4.33. The van der Waals surface area contributed by atoms with Crippen molar-refractivity contribution in [1.82, 2.24) is 25.1 Å². The van der Waals surface area contributed by atoms with E-state index in [2.05, 4.69) is 50.6 Å². The number of hydrogen-bond donors (Lipinski definition) is 3. The summed E-state index contributed by atoms with van der Waals surface area (Å²) in [5, 5.41) is 14.9.